The highest BCUT2D eigenvalue weighted by molar-refractivity contribution is 5.49. The van der Waals surface area contributed by atoms with Crippen LogP contribution in [-0.2, 0) is 7.05 Å². The van der Waals surface area contributed by atoms with E-state index in [1.54, 1.807) is 0 Å². The Balaban J connectivity index is 2.12. The maximum absolute atomic E-state index is 5.45. The van der Waals surface area contributed by atoms with Crippen LogP contribution in [0.15, 0.2) is 24.3 Å². The second-order valence-corrected chi connectivity index (χ2v) is 5.03. The van der Waals surface area contributed by atoms with Crippen molar-refractivity contribution in [2.75, 3.05) is 11.9 Å². The van der Waals surface area contributed by atoms with Gasteiger partial charge in [-0.15, -0.1) is 0 Å². The molecule has 1 N–H and O–H groups in total. The summed E-state index contributed by atoms with van der Waals surface area (Å²) < 4.78 is 7.38. The van der Waals surface area contributed by atoms with Crippen LogP contribution < -0.4 is 10.1 Å². The van der Waals surface area contributed by atoms with E-state index in [9.17, 15) is 0 Å². The van der Waals surface area contributed by atoms with Crippen LogP contribution in [0.5, 0.6) is 5.75 Å². The van der Waals surface area contributed by atoms with Crippen LogP contribution in [0.1, 0.15) is 36.8 Å². The molecule has 0 saturated carbocycles. The summed E-state index contributed by atoms with van der Waals surface area (Å²) in [6.07, 6.45) is 0. The first-order valence-corrected chi connectivity index (χ1v) is 7.02. The molecule has 1 aromatic carbocycles. The maximum atomic E-state index is 5.45. The molecule has 2 rings (SSSR count). The van der Waals surface area contributed by atoms with E-state index >= 15 is 0 Å². The highest BCUT2D eigenvalue weighted by atomic mass is 16.5. The summed E-state index contributed by atoms with van der Waals surface area (Å²) in [5.74, 6) is 0.902. The van der Waals surface area contributed by atoms with Crippen molar-refractivity contribution in [2.45, 2.75) is 33.7 Å². The third-order valence-corrected chi connectivity index (χ3v) is 3.55. The molecule has 20 heavy (non-hydrogen) atoms. The third-order valence-electron chi connectivity index (χ3n) is 3.55. The predicted molar refractivity (Wildman–Crippen MR) is 82.3 cm³/mol. The zero-order valence-corrected chi connectivity index (χ0v) is 12.9. The predicted octanol–water partition coefficient (Wildman–Crippen LogP) is 3.61. The zero-order valence-electron chi connectivity index (χ0n) is 12.9. The van der Waals surface area contributed by atoms with E-state index < -0.39 is 0 Å². The van der Waals surface area contributed by atoms with E-state index in [0.717, 1.165) is 17.1 Å². The number of hydrogen-bond donors (Lipinski definition) is 1. The minimum Gasteiger partial charge on any atom is -0.494 e. The summed E-state index contributed by atoms with van der Waals surface area (Å²) in [5.41, 5.74) is 4.63. The number of rotatable bonds is 5. The van der Waals surface area contributed by atoms with Crippen LogP contribution in [0, 0.1) is 13.8 Å². The standard InChI is InChI=1S/C16H23N3O/c1-6-20-15-9-7-14(8-10-15)17-11(2)16-12(3)18-19(5)13(16)4/h7-11,17H,6H2,1-5H3. The third kappa shape index (κ3) is 2.95. The Labute approximate surface area is 120 Å². The number of nitrogens with zero attached hydrogens (tertiary/aromatic N) is 2. The van der Waals surface area contributed by atoms with Gasteiger partial charge in [0.05, 0.1) is 18.3 Å². The fraction of sp³-hybridized carbons (Fsp3) is 0.438. The van der Waals surface area contributed by atoms with Crippen molar-refractivity contribution in [2.24, 2.45) is 7.05 Å². The van der Waals surface area contributed by atoms with Gasteiger partial charge in [0.25, 0.3) is 0 Å². The van der Waals surface area contributed by atoms with Crippen LogP contribution in [0.4, 0.5) is 5.69 Å². The van der Waals surface area contributed by atoms with Crippen molar-refractivity contribution >= 4 is 5.69 Å². The van der Waals surface area contributed by atoms with Crippen molar-refractivity contribution in [3.63, 3.8) is 0 Å². The summed E-state index contributed by atoms with van der Waals surface area (Å²) in [6, 6.07) is 8.29. The maximum Gasteiger partial charge on any atom is 0.119 e. The van der Waals surface area contributed by atoms with Gasteiger partial charge in [-0.2, -0.15) is 5.10 Å². The minimum atomic E-state index is 0.224. The normalized spacial score (nSPS) is 12.2. The lowest BCUT2D eigenvalue weighted by atomic mass is 10.1. The minimum absolute atomic E-state index is 0.224. The second kappa shape index (κ2) is 5.99. The molecule has 1 atom stereocenters. The van der Waals surface area contributed by atoms with E-state index in [0.29, 0.717) is 6.61 Å². The van der Waals surface area contributed by atoms with E-state index in [1.807, 2.05) is 42.9 Å². The number of aryl methyl sites for hydroxylation is 2. The number of benzene rings is 1. The summed E-state index contributed by atoms with van der Waals surface area (Å²) in [5, 5.41) is 7.98. The van der Waals surface area contributed by atoms with Gasteiger partial charge in [0.1, 0.15) is 5.75 Å². The molecule has 4 nitrogen and oxygen atoms in total. The summed E-state index contributed by atoms with van der Waals surface area (Å²) in [4.78, 5) is 0. The van der Waals surface area contributed by atoms with Gasteiger partial charge in [0.2, 0.25) is 0 Å². The summed E-state index contributed by atoms with van der Waals surface area (Å²) >= 11 is 0. The molecule has 0 saturated heterocycles. The Kier molecular flexibility index (Phi) is 4.32. The quantitative estimate of drug-likeness (QED) is 0.904. The summed E-state index contributed by atoms with van der Waals surface area (Å²) in [6.45, 7) is 9.00. The largest absolute Gasteiger partial charge is 0.494 e. The van der Waals surface area contributed by atoms with Gasteiger partial charge in [-0.1, -0.05) is 0 Å². The fourth-order valence-electron chi connectivity index (χ4n) is 2.55. The molecule has 4 heteroatoms. The topological polar surface area (TPSA) is 39.1 Å². The van der Waals surface area contributed by atoms with Crippen LogP contribution in [-0.4, -0.2) is 16.4 Å². The SMILES string of the molecule is CCOc1ccc(NC(C)c2c(C)nn(C)c2C)cc1. The van der Waals surface area contributed by atoms with E-state index in [1.165, 1.54) is 11.3 Å². The van der Waals surface area contributed by atoms with Gasteiger partial charge in [-0.05, 0) is 52.0 Å². The van der Waals surface area contributed by atoms with Crippen molar-refractivity contribution < 1.29 is 4.74 Å². The fourth-order valence-corrected chi connectivity index (χ4v) is 2.55. The number of hydrogen-bond acceptors (Lipinski definition) is 3. The van der Waals surface area contributed by atoms with Crippen LogP contribution in [0.3, 0.4) is 0 Å². The molecule has 0 bridgehead atoms. The molecule has 0 fully saturated rings. The first-order valence-electron chi connectivity index (χ1n) is 7.02. The van der Waals surface area contributed by atoms with Crippen molar-refractivity contribution in [3.8, 4) is 5.75 Å². The van der Waals surface area contributed by atoms with Crippen molar-refractivity contribution in [1.29, 1.82) is 0 Å². The Morgan fingerprint density at radius 3 is 2.40 bits per heavy atom. The van der Waals surface area contributed by atoms with Crippen LogP contribution in [0.2, 0.25) is 0 Å². The van der Waals surface area contributed by atoms with Gasteiger partial charge in [-0.25, -0.2) is 0 Å². The van der Waals surface area contributed by atoms with Gasteiger partial charge in [0.15, 0.2) is 0 Å². The van der Waals surface area contributed by atoms with Gasteiger partial charge in [0, 0.05) is 24.0 Å². The van der Waals surface area contributed by atoms with Crippen LogP contribution in [0.25, 0.3) is 0 Å². The molecule has 2 aromatic rings. The molecule has 0 aliphatic carbocycles. The number of aromatic nitrogens is 2. The Morgan fingerprint density at radius 1 is 1.25 bits per heavy atom. The van der Waals surface area contributed by atoms with Gasteiger partial charge < -0.3 is 10.1 Å². The Bertz CT molecular complexity index is 572. The molecule has 0 aliphatic heterocycles. The Morgan fingerprint density at radius 2 is 1.90 bits per heavy atom. The van der Waals surface area contributed by atoms with E-state index in [2.05, 4.69) is 31.2 Å². The van der Waals surface area contributed by atoms with E-state index in [4.69, 9.17) is 4.74 Å². The molecular weight excluding hydrogens is 250 g/mol. The average Bonchev–Trinajstić information content (AvgIpc) is 2.66. The lowest BCUT2D eigenvalue weighted by Crippen LogP contribution is -2.09. The lowest BCUT2D eigenvalue weighted by Gasteiger charge is -2.16. The van der Waals surface area contributed by atoms with Gasteiger partial charge in [-0.3, -0.25) is 4.68 Å². The molecule has 0 amide bonds. The molecule has 108 valence electrons. The zero-order chi connectivity index (χ0) is 14.7. The van der Waals surface area contributed by atoms with Crippen LogP contribution >= 0.6 is 0 Å². The second-order valence-electron chi connectivity index (χ2n) is 5.03. The Hall–Kier alpha value is -1.97. The van der Waals surface area contributed by atoms with Crippen molar-refractivity contribution in [3.05, 3.63) is 41.2 Å². The highest BCUT2D eigenvalue weighted by Gasteiger charge is 2.15. The molecule has 0 spiro atoms. The average molecular weight is 273 g/mol. The van der Waals surface area contributed by atoms with Crippen molar-refractivity contribution in [1.82, 2.24) is 9.78 Å². The van der Waals surface area contributed by atoms with E-state index in [-0.39, 0.29) is 6.04 Å². The molecule has 1 aromatic heterocycles. The highest BCUT2D eigenvalue weighted by Crippen LogP contribution is 2.25. The lowest BCUT2D eigenvalue weighted by molar-refractivity contribution is 0.340. The molecule has 1 unspecified atom stereocenters. The number of nitrogens with one attached hydrogen (secondary N) is 1. The van der Waals surface area contributed by atoms with Gasteiger partial charge >= 0.3 is 0 Å². The monoisotopic (exact) mass is 273 g/mol. The molecular formula is C16H23N3O. The first-order chi connectivity index (χ1) is 9.52. The molecule has 0 radical (unpaired) electrons. The number of ether oxygens (including phenoxy) is 1. The number of anilines is 1. The smallest absolute Gasteiger partial charge is 0.119 e. The molecule has 1 heterocycles. The molecule has 0 aliphatic rings. The summed E-state index contributed by atoms with van der Waals surface area (Å²) in [7, 11) is 1.98. The first kappa shape index (κ1) is 14.4.